The third-order valence-electron chi connectivity index (χ3n) is 3.59. The molecule has 0 radical (unpaired) electrons. The number of nitrogens with zero attached hydrogens (tertiary/aromatic N) is 3. The molecule has 1 aliphatic heterocycles. The van der Waals surface area contributed by atoms with Crippen molar-refractivity contribution in [1.82, 2.24) is 14.9 Å². The molecule has 17 heavy (non-hydrogen) atoms. The number of aromatic nitrogens is 2. The van der Waals surface area contributed by atoms with Crippen LogP contribution in [0.2, 0.25) is 0 Å². The Morgan fingerprint density at radius 3 is 2.71 bits per heavy atom. The predicted molar refractivity (Wildman–Crippen MR) is 70.9 cm³/mol. The van der Waals surface area contributed by atoms with Crippen LogP contribution >= 0.6 is 15.9 Å². The fraction of sp³-hybridized carbons (Fsp3) is 0.667. The van der Waals surface area contributed by atoms with E-state index in [0.717, 1.165) is 23.0 Å². The summed E-state index contributed by atoms with van der Waals surface area (Å²) in [7, 11) is 0. The van der Waals surface area contributed by atoms with Crippen molar-refractivity contribution < 1.29 is 0 Å². The maximum atomic E-state index is 4.26. The molecular formula is C12H17BrN4. The van der Waals surface area contributed by atoms with Crippen molar-refractivity contribution in [2.75, 3.05) is 11.9 Å². The van der Waals surface area contributed by atoms with Crippen LogP contribution in [0, 0.1) is 0 Å². The minimum atomic E-state index is 0.492. The van der Waals surface area contributed by atoms with Gasteiger partial charge in [0.05, 0.1) is 4.47 Å². The molecule has 2 unspecified atom stereocenters. The van der Waals surface area contributed by atoms with E-state index >= 15 is 0 Å². The van der Waals surface area contributed by atoms with E-state index in [1.165, 1.54) is 19.3 Å². The van der Waals surface area contributed by atoms with Gasteiger partial charge in [-0.3, -0.25) is 4.90 Å². The summed E-state index contributed by atoms with van der Waals surface area (Å²) in [6.45, 7) is 3.45. The van der Waals surface area contributed by atoms with Crippen LogP contribution in [0.25, 0.3) is 0 Å². The lowest BCUT2D eigenvalue weighted by Gasteiger charge is -2.19. The number of halogens is 1. The second-order valence-corrected chi connectivity index (χ2v) is 5.99. The molecule has 2 atom stereocenters. The molecule has 5 heteroatoms. The first-order chi connectivity index (χ1) is 8.22. The van der Waals surface area contributed by atoms with Crippen molar-refractivity contribution in [2.45, 2.75) is 44.3 Å². The Labute approximate surface area is 110 Å². The van der Waals surface area contributed by atoms with Gasteiger partial charge in [-0.1, -0.05) is 0 Å². The Morgan fingerprint density at radius 1 is 1.35 bits per heavy atom. The van der Waals surface area contributed by atoms with Crippen LogP contribution in [-0.2, 0) is 0 Å². The summed E-state index contributed by atoms with van der Waals surface area (Å²) in [6, 6.07) is 2.03. The zero-order chi connectivity index (χ0) is 11.8. The van der Waals surface area contributed by atoms with E-state index in [0.29, 0.717) is 12.1 Å². The van der Waals surface area contributed by atoms with E-state index < -0.39 is 0 Å². The number of nitrogens with one attached hydrogen (secondary N) is 1. The smallest absolute Gasteiger partial charge is 0.222 e. The third kappa shape index (κ3) is 2.60. The number of hydrogen-bond donors (Lipinski definition) is 1. The zero-order valence-electron chi connectivity index (χ0n) is 9.93. The van der Waals surface area contributed by atoms with Gasteiger partial charge in [-0.25, -0.2) is 9.97 Å². The Hall–Kier alpha value is -0.680. The van der Waals surface area contributed by atoms with E-state index in [1.54, 1.807) is 12.4 Å². The van der Waals surface area contributed by atoms with Crippen LogP contribution in [0.1, 0.15) is 26.2 Å². The van der Waals surface area contributed by atoms with E-state index in [4.69, 9.17) is 0 Å². The van der Waals surface area contributed by atoms with Crippen LogP contribution in [-0.4, -0.2) is 39.5 Å². The van der Waals surface area contributed by atoms with Gasteiger partial charge >= 0.3 is 0 Å². The van der Waals surface area contributed by atoms with E-state index in [-0.39, 0.29) is 0 Å². The first-order valence-corrected chi connectivity index (χ1v) is 7.01. The molecule has 92 valence electrons. The lowest BCUT2D eigenvalue weighted by Crippen LogP contribution is -2.31. The van der Waals surface area contributed by atoms with Gasteiger partial charge in [0.25, 0.3) is 0 Å². The van der Waals surface area contributed by atoms with Gasteiger partial charge in [-0.2, -0.15) is 0 Å². The van der Waals surface area contributed by atoms with E-state index in [2.05, 4.69) is 43.0 Å². The molecule has 1 aromatic heterocycles. The van der Waals surface area contributed by atoms with Gasteiger partial charge in [0.1, 0.15) is 0 Å². The third-order valence-corrected chi connectivity index (χ3v) is 4.00. The number of anilines is 1. The Bertz CT molecular complexity index is 390. The molecule has 0 spiro atoms. The maximum Gasteiger partial charge on any atom is 0.222 e. The van der Waals surface area contributed by atoms with Crippen molar-refractivity contribution in [3.05, 3.63) is 16.9 Å². The van der Waals surface area contributed by atoms with E-state index in [1.807, 2.05) is 0 Å². The second kappa shape index (κ2) is 4.53. The van der Waals surface area contributed by atoms with Crippen molar-refractivity contribution in [2.24, 2.45) is 0 Å². The van der Waals surface area contributed by atoms with Gasteiger partial charge in [-0.15, -0.1) is 0 Å². The van der Waals surface area contributed by atoms with E-state index in [9.17, 15) is 0 Å². The molecule has 1 aromatic rings. The van der Waals surface area contributed by atoms with Gasteiger partial charge in [0.15, 0.2) is 0 Å². The second-order valence-electron chi connectivity index (χ2n) is 5.08. The monoisotopic (exact) mass is 296 g/mol. The molecule has 0 amide bonds. The fourth-order valence-electron chi connectivity index (χ4n) is 2.65. The minimum Gasteiger partial charge on any atom is -0.350 e. The molecule has 1 N–H and O–H groups in total. The van der Waals surface area contributed by atoms with Crippen molar-refractivity contribution in [3.8, 4) is 0 Å². The van der Waals surface area contributed by atoms with Crippen molar-refractivity contribution in [3.63, 3.8) is 0 Å². The standard InChI is InChI=1S/C12H17BrN4/c1-8-4-10(7-17(8)11-2-3-11)16-12-14-5-9(13)6-15-12/h5-6,8,10-11H,2-4,7H2,1H3,(H,14,15,16). The summed E-state index contributed by atoms with van der Waals surface area (Å²) in [6.07, 6.45) is 7.52. The lowest BCUT2D eigenvalue weighted by molar-refractivity contribution is 0.257. The van der Waals surface area contributed by atoms with Crippen LogP contribution in [0.5, 0.6) is 0 Å². The van der Waals surface area contributed by atoms with Gasteiger partial charge < -0.3 is 5.32 Å². The Balaban J connectivity index is 1.61. The quantitative estimate of drug-likeness (QED) is 0.929. The van der Waals surface area contributed by atoms with Crippen molar-refractivity contribution in [1.29, 1.82) is 0 Å². The van der Waals surface area contributed by atoms with Crippen LogP contribution in [0.4, 0.5) is 5.95 Å². The molecule has 0 aromatic carbocycles. The summed E-state index contributed by atoms with van der Waals surface area (Å²) < 4.78 is 0.919. The highest BCUT2D eigenvalue weighted by Gasteiger charge is 2.38. The molecule has 2 fully saturated rings. The van der Waals surface area contributed by atoms with Crippen LogP contribution in [0.15, 0.2) is 16.9 Å². The minimum absolute atomic E-state index is 0.492. The predicted octanol–water partition coefficient (Wildman–Crippen LogP) is 2.28. The summed E-state index contributed by atoms with van der Waals surface area (Å²) in [5.74, 6) is 0.739. The number of rotatable bonds is 3. The highest BCUT2D eigenvalue weighted by Crippen LogP contribution is 2.33. The molecule has 2 heterocycles. The summed E-state index contributed by atoms with van der Waals surface area (Å²) in [5, 5.41) is 3.43. The summed E-state index contributed by atoms with van der Waals surface area (Å²) in [5.41, 5.74) is 0. The van der Waals surface area contributed by atoms with Gasteiger partial charge in [0.2, 0.25) is 5.95 Å². The molecule has 3 rings (SSSR count). The average Bonchev–Trinajstić information content (AvgIpc) is 3.08. The normalized spacial score (nSPS) is 29.5. The van der Waals surface area contributed by atoms with Crippen molar-refractivity contribution >= 4 is 21.9 Å². The zero-order valence-corrected chi connectivity index (χ0v) is 11.5. The molecule has 1 aliphatic carbocycles. The van der Waals surface area contributed by atoms with Gasteiger partial charge in [-0.05, 0) is 42.1 Å². The highest BCUT2D eigenvalue weighted by atomic mass is 79.9. The summed E-state index contributed by atoms with van der Waals surface area (Å²) in [4.78, 5) is 11.2. The molecule has 1 saturated carbocycles. The summed E-state index contributed by atoms with van der Waals surface area (Å²) >= 11 is 3.34. The topological polar surface area (TPSA) is 41.1 Å². The molecule has 2 aliphatic rings. The maximum absolute atomic E-state index is 4.26. The largest absolute Gasteiger partial charge is 0.350 e. The van der Waals surface area contributed by atoms with Crippen LogP contribution in [0.3, 0.4) is 0 Å². The number of likely N-dealkylation sites (tertiary alicyclic amines) is 1. The first kappa shape index (κ1) is 11.4. The Morgan fingerprint density at radius 2 is 2.06 bits per heavy atom. The first-order valence-electron chi connectivity index (χ1n) is 6.22. The fourth-order valence-corrected chi connectivity index (χ4v) is 2.85. The van der Waals surface area contributed by atoms with Gasteiger partial charge in [0, 0.05) is 37.1 Å². The lowest BCUT2D eigenvalue weighted by atomic mass is 10.2. The Kier molecular flexibility index (Phi) is 3.04. The highest BCUT2D eigenvalue weighted by molar-refractivity contribution is 9.10. The average molecular weight is 297 g/mol. The molecule has 0 bridgehead atoms. The molecule has 1 saturated heterocycles. The molecular weight excluding hydrogens is 280 g/mol. The molecule has 4 nitrogen and oxygen atoms in total. The number of hydrogen-bond acceptors (Lipinski definition) is 4. The SMILES string of the molecule is CC1CC(Nc2ncc(Br)cn2)CN1C1CC1. The van der Waals surface area contributed by atoms with Crippen LogP contribution < -0.4 is 5.32 Å².